The number of aromatic nitrogens is 4. The molecule has 0 bridgehead atoms. The first-order valence-corrected chi connectivity index (χ1v) is 29.8. The summed E-state index contributed by atoms with van der Waals surface area (Å²) < 4.78 is 9.07. The second kappa shape index (κ2) is 24.3. The summed E-state index contributed by atoms with van der Waals surface area (Å²) in [6, 6.07) is 71.3. The maximum atomic E-state index is 12.1. The molecule has 13 rings (SSSR count). The van der Waals surface area contributed by atoms with E-state index in [0.717, 1.165) is 144 Å². The third kappa shape index (κ3) is 10.5. The van der Waals surface area contributed by atoms with Crippen molar-refractivity contribution in [2.24, 2.45) is 0 Å². The Labute approximate surface area is 502 Å². The number of carbonyl (C=O) groups is 1. The highest BCUT2D eigenvalue weighted by molar-refractivity contribution is 6.25. The molecule has 1 aliphatic carbocycles. The fraction of sp³-hybridized carbons (Fsp3) is 0.100. The highest BCUT2D eigenvalue weighted by Crippen LogP contribution is 2.51. The molecule has 0 aliphatic heterocycles. The van der Waals surface area contributed by atoms with Gasteiger partial charge in [0.2, 0.25) is 0 Å². The number of para-hydroxylation sites is 1. The van der Waals surface area contributed by atoms with Crippen molar-refractivity contribution < 1.29 is 9.21 Å². The van der Waals surface area contributed by atoms with Gasteiger partial charge in [-0.15, -0.1) is 0 Å². The van der Waals surface area contributed by atoms with Gasteiger partial charge in [0.05, 0.1) is 16.7 Å². The van der Waals surface area contributed by atoms with Crippen molar-refractivity contribution in [3.05, 3.63) is 291 Å². The number of fused-ring (bicyclic) bond motifs is 6. The van der Waals surface area contributed by atoms with Crippen LogP contribution in [0.1, 0.15) is 62.9 Å². The van der Waals surface area contributed by atoms with Crippen LogP contribution in [-0.4, -0.2) is 25.8 Å². The van der Waals surface area contributed by atoms with E-state index in [4.69, 9.17) is 19.4 Å². The fourth-order valence-electron chi connectivity index (χ4n) is 12.4. The molecular weight excluding hydrogens is 1050 g/mol. The molecule has 1 atom stereocenters. The quantitative estimate of drug-likeness (QED) is 0.0370. The highest BCUT2D eigenvalue weighted by atomic mass is 16.3. The maximum Gasteiger partial charge on any atom is 0.163 e. The van der Waals surface area contributed by atoms with Crippen LogP contribution in [0.25, 0.3) is 128 Å². The van der Waals surface area contributed by atoms with Crippen LogP contribution in [0.2, 0.25) is 0 Å². The Hall–Kier alpha value is -10.6. The molecular formula is C80H64N4O2. The lowest BCUT2D eigenvalue weighted by atomic mass is 9.83. The molecule has 12 aromatic rings. The van der Waals surface area contributed by atoms with Crippen LogP contribution in [-0.2, 0) is 10.2 Å². The number of aldehydes is 1. The SMILES string of the molecule is C=C/C=C\CCC(C)(/C=C\CC)c1nc(-c2cc(/C=C/C=C\C=O)c(-n3c4c(-c5ccccc5)ccc(C5=CC=CCC5)c4c4c(-c5ccccc5)ccc(-c5ccccc5)c43)c(-c3ccccc3)c2)nc(-c2ccc3c(c2)oc2ccccc23)n1. The van der Waals surface area contributed by atoms with Crippen molar-refractivity contribution in [2.45, 2.75) is 51.4 Å². The van der Waals surface area contributed by atoms with E-state index in [1.165, 1.54) is 22.6 Å². The maximum absolute atomic E-state index is 12.1. The summed E-state index contributed by atoms with van der Waals surface area (Å²) in [6.45, 7) is 8.33. The Morgan fingerprint density at radius 2 is 1.15 bits per heavy atom. The van der Waals surface area contributed by atoms with E-state index in [1.807, 2.05) is 36.4 Å². The van der Waals surface area contributed by atoms with Crippen LogP contribution in [0.15, 0.2) is 278 Å². The van der Waals surface area contributed by atoms with E-state index in [9.17, 15) is 4.79 Å². The van der Waals surface area contributed by atoms with Gasteiger partial charge in [-0.3, -0.25) is 4.79 Å². The molecule has 6 heteroatoms. The molecule has 0 radical (unpaired) electrons. The fourth-order valence-corrected chi connectivity index (χ4v) is 12.4. The minimum absolute atomic E-state index is 0.525. The summed E-state index contributed by atoms with van der Waals surface area (Å²) in [6.07, 6.45) is 29.7. The first kappa shape index (κ1) is 54.7. The van der Waals surface area contributed by atoms with Crippen LogP contribution in [0.4, 0.5) is 0 Å². The number of allylic oxidation sites excluding steroid dienone is 12. The van der Waals surface area contributed by atoms with Crippen molar-refractivity contribution in [3.8, 4) is 73.0 Å². The van der Waals surface area contributed by atoms with Gasteiger partial charge in [0.15, 0.2) is 11.6 Å². The number of rotatable bonds is 18. The van der Waals surface area contributed by atoms with Crippen molar-refractivity contribution >= 4 is 61.7 Å². The molecule has 416 valence electrons. The number of furan rings is 1. The third-order valence-electron chi connectivity index (χ3n) is 16.6. The van der Waals surface area contributed by atoms with Gasteiger partial charge >= 0.3 is 0 Å². The van der Waals surface area contributed by atoms with Gasteiger partial charge < -0.3 is 8.98 Å². The Balaban J connectivity index is 1.19. The summed E-state index contributed by atoms with van der Waals surface area (Å²) in [5.74, 6) is 1.72. The summed E-state index contributed by atoms with van der Waals surface area (Å²) >= 11 is 0. The predicted molar refractivity (Wildman–Crippen MR) is 360 cm³/mol. The summed E-state index contributed by atoms with van der Waals surface area (Å²) in [7, 11) is 0. The standard InChI is InChI=1S/C80H64N4O2/c1-4-6-8-28-50-80(3,49-7-5-2)79-82-77(61-43-44-68-67-41-26-27-42-70(67)86-71(68)54-61)81-78(83-79)62-52-60(40-25-14-29-51-85)74(69(53-62)59-38-23-13-24-39-59)84-75-65(57-34-19-11-20-35-57)47-45-63(55-30-15-9-16-31-55)72(75)73-64(56-32-17-10-18-33-56)46-48-66(76(73)84)58-36-21-12-22-37-58/h4,6-17,19-27,29-32,34-49,51-54H,1,5,18,28,33,50H2,2-3H3/b8-6-,29-14-,40-25+,49-7-. The Morgan fingerprint density at radius 3 is 1.79 bits per heavy atom. The van der Waals surface area contributed by atoms with Crippen molar-refractivity contribution in [3.63, 3.8) is 0 Å². The lowest BCUT2D eigenvalue weighted by Gasteiger charge is -2.25. The van der Waals surface area contributed by atoms with Crippen molar-refractivity contribution in [1.82, 2.24) is 19.5 Å². The normalized spacial score (nSPS) is 13.5. The molecule has 0 saturated carbocycles. The largest absolute Gasteiger partial charge is 0.456 e. The third-order valence-corrected chi connectivity index (χ3v) is 16.6. The van der Waals surface area contributed by atoms with Gasteiger partial charge in [0, 0.05) is 54.8 Å². The van der Waals surface area contributed by atoms with Crippen LogP contribution < -0.4 is 0 Å². The molecule has 0 amide bonds. The van der Waals surface area contributed by atoms with Crippen LogP contribution in [0.3, 0.4) is 0 Å². The van der Waals surface area contributed by atoms with E-state index in [0.29, 0.717) is 17.5 Å². The lowest BCUT2D eigenvalue weighted by Crippen LogP contribution is -2.23. The van der Waals surface area contributed by atoms with Crippen molar-refractivity contribution in [1.29, 1.82) is 0 Å². The molecule has 3 heterocycles. The van der Waals surface area contributed by atoms with Gasteiger partial charge in [-0.2, -0.15) is 0 Å². The number of benzene rings is 9. The minimum atomic E-state index is -0.593. The van der Waals surface area contributed by atoms with Gasteiger partial charge in [0.25, 0.3) is 0 Å². The first-order chi connectivity index (χ1) is 42.4. The lowest BCUT2D eigenvalue weighted by molar-refractivity contribution is -0.104. The summed E-state index contributed by atoms with van der Waals surface area (Å²) in [5, 5.41) is 4.41. The first-order valence-electron chi connectivity index (χ1n) is 29.8. The smallest absolute Gasteiger partial charge is 0.163 e. The molecule has 86 heavy (non-hydrogen) atoms. The molecule has 1 unspecified atom stereocenters. The Bertz CT molecular complexity index is 4710. The van der Waals surface area contributed by atoms with E-state index >= 15 is 0 Å². The predicted octanol–water partition coefficient (Wildman–Crippen LogP) is 21.1. The second-order valence-corrected chi connectivity index (χ2v) is 22.1. The molecule has 0 saturated heterocycles. The number of nitrogens with zero attached hydrogens (tertiary/aromatic N) is 4. The molecule has 0 spiro atoms. The second-order valence-electron chi connectivity index (χ2n) is 22.1. The summed E-state index contributed by atoms with van der Waals surface area (Å²) in [5.41, 5.74) is 17.7. The highest BCUT2D eigenvalue weighted by Gasteiger charge is 2.31. The van der Waals surface area contributed by atoms with Crippen LogP contribution in [0, 0.1) is 0 Å². The van der Waals surface area contributed by atoms with E-state index < -0.39 is 5.41 Å². The summed E-state index contributed by atoms with van der Waals surface area (Å²) in [4.78, 5) is 28.6. The van der Waals surface area contributed by atoms with E-state index in [-0.39, 0.29) is 0 Å². The van der Waals surface area contributed by atoms with Gasteiger partial charge in [-0.25, -0.2) is 15.0 Å². The average Bonchev–Trinajstić information content (AvgIpc) is 1.54. The topological polar surface area (TPSA) is 73.8 Å². The molecule has 0 N–H and O–H groups in total. The molecule has 3 aromatic heterocycles. The number of hydrogen-bond donors (Lipinski definition) is 0. The van der Waals surface area contributed by atoms with Crippen LogP contribution in [0.5, 0.6) is 0 Å². The van der Waals surface area contributed by atoms with Gasteiger partial charge in [0.1, 0.15) is 23.3 Å². The average molecular weight is 1110 g/mol. The van der Waals surface area contributed by atoms with E-state index in [1.54, 1.807) is 6.08 Å². The zero-order chi connectivity index (χ0) is 58.4. The molecule has 6 nitrogen and oxygen atoms in total. The molecule has 9 aromatic carbocycles. The Morgan fingerprint density at radius 1 is 0.558 bits per heavy atom. The van der Waals surface area contributed by atoms with Gasteiger partial charge in [-0.1, -0.05) is 250 Å². The minimum Gasteiger partial charge on any atom is -0.456 e. The monoisotopic (exact) mass is 1110 g/mol. The molecule has 1 aliphatic rings. The number of carbonyl (C=O) groups excluding carboxylic acids is 1. The number of hydrogen-bond acceptors (Lipinski definition) is 5. The molecule has 0 fully saturated rings. The van der Waals surface area contributed by atoms with E-state index in [2.05, 4.69) is 250 Å². The Kier molecular flexibility index (Phi) is 15.5. The van der Waals surface area contributed by atoms with Crippen molar-refractivity contribution in [2.75, 3.05) is 0 Å². The zero-order valence-electron chi connectivity index (χ0n) is 48.4. The zero-order valence-corrected chi connectivity index (χ0v) is 48.4. The van der Waals surface area contributed by atoms with Crippen LogP contribution >= 0.6 is 0 Å². The van der Waals surface area contributed by atoms with Gasteiger partial charge in [-0.05, 0) is 120 Å².